The molecule has 0 aromatic heterocycles. The summed E-state index contributed by atoms with van der Waals surface area (Å²) in [6.45, 7) is 2.30. The standard InChI is InChI=1S/C18H29NO/c1-15(14-16-10-8-9-13-18(16)20-2)19-17-11-6-4-3-5-7-12-17/h8-10,13,15,17,19H,3-7,11-12,14H2,1-2H3. The molecule has 1 saturated carbocycles. The van der Waals surface area contributed by atoms with Crippen molar-refractivity contribution < 1.29 is 4.74 Å². The lowest BCUT2D eigenvalue weighted by molar-refractivity contribution is 0.354. The summed E-state index contributed by atoms with van der Waals surface area (Å²) >= 11 is 0. The summed E-state index contributed by atoms with van der Waals surface area (Å²) in [5, 5.41) is 3.83. The van der Waals surface area contributed by atoms with Crippen LogP contribution in [0.2, 0.25) is 0 Å². The maximum Gasteiger partial charge on any atom is 0.122 e. The van der Waals surface area contributed by atoms with E-state index in [0.29, 0.717) is 12.1 Å². The van der Waals surface area contributed by atoms with Crippen LogP contribution in [0.5, 0.6) is 5.75 Å². The molecule has 0 amide bonds. The van der Waals surface area contributed by atoms with E-state index in [1.54, 1.807) is 7.11 Å². The molecule has 2 nitrogen and oxygen atoms in total. The Kier molecular flexibility index (Phi) is 6.38. The molecule has 0 saturated heterocycles. The van der Waals surface area contributed by atoms with Crippen molar-refractivity contribution in [2.24, 2.45) is 0 Å². The Balaban J connectivity index is 1.85. The molecule has 0 radical (unpaired) electrons. The van der Waals surface area contributed by atoms with Crippen LogP contribution in [0.4, 0.5) is 0 Å². The first kappa shape index (κ1) is 15.4. The molecule has 2 rings (SSSR count). The van der Waals surface area contributed by atoms with Crippen molar-refractivity contribution in [1.29, 1.82) is 0 Å². The van der Waals surface area contributed by atoms with Crippen molar-refractivity contribution in [3.63, 3.8) is 0 Å². The van der Waals surface area contributed by atoms with Crippen molar-refractivity contribution in [2.75, 3.05) is 7.11 Å². The van der Waals surface area contributed by atoms with Gasteiger partial charge in [0, 0.05) is 12.1 Å². The highest BCUT2D eigenvalue weighted by Gasteiger charge is 2.15. The number of para-hydroxylation sites is 1. The van der Waals surface area contributed by atoms with Gasteiger partial charge in [-0.05, 0) is 37.8 Å². The van der Waals surface area contributed by atoms with Gasteiger partial charge in [-0.1, -0.05) is 50.3 Å². The molecule has 1 atom stereocenters. The van der Waals surface area contributed by atoms with Gasteiger partial charge in [0.05, 0.1) is 7.11 Å². The largest absolute Gasteiger partial charge is 0.496 e. The SMILES string of the molecule is COc1ccccc1CC(C)NC1CCCCCCC1. The fraction of sp³-hybridized carbons (Fsp3) is 0.667. The van der Waals surface area contributed by atoms with E-state index < -0.39 is 0 Å². The first-order valence-corrected chi connectivity index (χ1v) is 8.17. The van der Waals surface area contributed by atoms with E-state index in [4.69, 9.17) is 4.74 Å². The average molecular weight is 275 g/mol. The number of nitrogens with one attached hydrogen (secondary N) is 1. The van der Waals surface area contributed by atoms with Crippen molar-refractivity contribution in [3.8, 4) is 5.75 Å². The quantitative estimate of drug-likeness (QED) is 0.863. The van der Waals surface area contributed by atoms with Crippen LogP contribution in [-0.2, 0) is 6.42 Å². The highest BCUT2D eigenvalue weighted by molar-refractivity contribution is 5.33. The highest BCUT2D eigenvalue weighted by atomic mass is 16.5. The molecule has 1 aromatic carbocycles. The molecule has 0 heterocycles. The zero-order valence-electron chi connectivity index (χ0n) is 13.0. The number of hydrogen-bond acceptors (Lipinski definition) is 2. The van der Waals surface area contributed by atoms with Gasteiger partial charge in [-0.2, -0.15) is 0 Å². The third kappa shape index (κ3) is 4.82. The van der Waals surface area contributed by atoms with Crippen LogP contribution in [0.3, 0.4) is 0 Å². The molecule has 1 N–H and O–H groups in total. The minimum atomic E-state index is 0.510. The summed E-state index contributed by atoms with van der Waals surface area (Å²) in [5.41, 5.74) is 1.31. The monoisotopic (exact) mass is 275 g/mol. The van der Waals surface area contributed by atoms with Gasteiger partial charge >= 0.3 is 0 Å². The molecule has 1 aliphatic rings. The number of hydrogen-bond donors (Lipinski definition) is 1. The Hall–Kier alpha value is -1.02. The Bertz CT molecular complexity index is 383. The Morgan fingerprint density at radius 2 is 1.75 bits per heavy atom. The van der Waals surface area contributed by atoms with Crippen molar-refractivity contribution in [2.45, 2.75) is 70.4 Å². The van der Waals surface area contributed by atoms with Crippen LogP contribution in [0.25, 0.3) is 0 Å². The fourth-order valence-electron chi connectivity index (χ4n) is 3.29. The first-order chi connectivity index (χ1) is 9.79. The van der Waals surface area contributed by atoms with Gasteiger partial charge in [0.15, 0.2) is 0 Å². The maximum atomic E-state index is 5.44. The molecule has 112 valence electrons. The zero-order valence-corrected chi connectivity index (χ0v) is 13.0. The van der Waals surface area contributed by atoms with Crippen LogP contribution >= 0.6 is 0 Å². The maximum absolute atomic E-state index is 5.44. The summed E-state index contributed by atoms with van der Waals surface area (Å²) in [6, 6.07) is 9.58. The van der Waals surface area contributed by atoms with E-state index in [2.05, 4.69) is 30.4 Å². The van der Waals surface area contributed by atoms with Gasteiger partial charge < -0.3 is 10.1 Å². The normalized spacial score (nSPS) is 19.1. The number of rotatable bonds is 5. The van der Waals surface area contributed by atoms with Gasteiger partial charge in [-0.25, -0.2) is 0 Å². The van der Waals surface area contributed by atoms with Crippen LogP contribution in [0.15, 0.2) is 24.3 Å². The lowest BCUT2D eigenvalue weighted by Gasteiger charge is -2.25. The van der Waals surface area contributed by atoms with Gasteiger partial charge in [0.25, 0.3) is 0 Å². The van der Waals surface area contributed by atoms with E-state index in [1.165, 1.54) is 50.5 Å². The third-order valence-electron chi connectivity index (χ3n) is 4.34. The van der Waals surface area contributed by atoms with E-state index >= 15 is 0 Å². The van der Waals surface area contributed by atoms with Crippen LogP contribution < -0.4 is 10.1 Å². The van der Waals surface area contributed by atoms with Gasteiger partial charge in [0.1, 0.15) is 5.75 Å². The van der Waals surface area contributed by atoms with E-state index in [1.807, 2.05) is 6.07 Å². The number of ether oxygens (including phenoxy) is 1. The molecule has 0 aliphatic heterocycles. The van der Waals surface area contributed by atoms with E-state index in [-0.39, 0.29) is 0 Å². The predicted molar refractivity (Wildman–Crippen MR) is 85.4 cm³/mol. The minimum absolute atomic E-state index is 0.510. The molecule has 0 bridgehead atoms. The lowest BCUT2D eigenvalue weighted by Crippen LogP contribution is -2.38. The first-order valence-electron chi connectivity index (χ1n) is 8.17. The van der Waals surface area contributed by atoms with Crippen molar-refractivity contribution >= 4 is 0 Å². The molecular weight excluding hydrogens is 246 g/mol. The number of benzene rings is 1. The van der Waals surface area contributed by atoms with Crippen molar-refractivity contribution in [1.82, 2.24) is 5.32 Å². The molecule has 1 fully saturated rings. The predicted octanol–water partition coefficient (Wildman–Crippen LogP) is 4.33. The minimum Gasteiger partial charge on any atom is -0.496 e. The van der Waals surface area contributed by atoms with E-state index in [0.717, 1.165) is 12.2 Å². The second kappa shape index (κ2) is 8.31. The van der Waals surface area contributed by atoms with Crippen molar-refractivity contribution in [3.05, 3.63) is 29.8 Å². The lowest BCUT2D eigenvalue weighted by atomic mass is 9.95. The molecule has 20 heavy (non-hydrogen) atoms. The van der Waals surface area contributed by atoms with Crippen LogP contribution in [0.1, 0.15) is 57.4 Å². The van der Waals surface area contributed by atoms with Gasteiger partial charge in [-0.3, -0.25) is 0 Å². The topological polar surface area (TPSA) is 21.3 Å². The van der Waals surface area contributed by atoms with Gasteiger partial charge in [0.2, 0.25) is 0 Å². The fourth-order valence-corrected chi connectivity index (χ4v) is 3.29. The summed E-state index contributed by atoms with van der Waals surface area (Å²) < 4.78 is 5.44. The van der Waals surface area contributed by atoms with Gasteiger partial charge in [-0.15, -0.1) is 0 Å². The molecule has 0 spiro atoms. The summed E-state index contributed by atoms with van der Waals surface area (Å²) in [5.74, 6) is 1.01. The Morgan fingerprint density at radius 1 is 1.10 bits per heavy atom. The molecule has 1 aromatic rings. The number of methoxy groups -OCH3 is 1. The molecule has 1 unspecified atom stereocenters. The summed E-state index contributed by atoms with van der Waals surface area (Å²) in [4.78, 5) is 0. The van der Waals surface area contributed by atoms with E-state index in [9.17, 15) is 0 Å². The highest BCUT2D eigenvalue weighted by Crippen LogP contribution is 2.21. The second-order valence-corrected chi connectivity index (χ2v) is 6.13. The second-order valence-electron chi connectivity index (χ2n) is 6.13. The average Bonchev–Trinajstić information content (AvgIpc) is 2.42. The van der Waals surface area contributed by atoms with Crippen LogP contribution in [-0.4, -0.2) is 19.2 Å². The summed E-state index contributed by atoms with van der Waals surface area (Å²) in [6.07, 6.45) is 10.8. The molecular formula is C18H29NO. The molecule has 1 aliphatic carbocycles. The smallest absolute Gasteiger partial charge is 0.122 e. The van der Waals surface area contributed by atoms with Crippen LogP contribution in [0, 0.1) is 0 Å². The zero-order chi connectivity index (χ0) is 14.2. The Morgan fingerprint density at radius 3 is 2.45 bits per heavy atom. The third-order valence-corrected chi connectivity index (χ3v) is 4.34. The Labute approximate surface area is 123 Å². The molecule has 2 heteroatoms. The summed E-state index contributed by atoms with van der Waals surface area (Å²) in [7, 11) is 1.76.